The van der Waals surface area contributed by atoms with Crippen LogP contribution in [0.5, 0.6) is 0 Å². The van der Waals surface area contributed by atoms with Gasteiger partial charge in [0.05, 0.1) is 0 Å². The molecule has 0 radical (unpaired) electrons. The van der Waals surface area contributed by atoms with Crippen molar-refractivity contribution in [2.75, 3.05) is 19.6 Å². The summed E-state index contributed by atoms with van der Waals surface area (Å²) < 4.78 is 13.4. The predicted molar refractivity (Wildman–Crippen MR) is 68.4 cm³/mol. The second kappa shape index (κ2) is 6.12. The smallest absolute Gasteiger partial charge is 0.127 e. The van der Waals surface area contributed by atoms with E-state index in [2.05, 4.69) is 17.1 Å². The van der Waals surface area contributed by atoms with Crippen molar-refractivity contribution in [1.29, 1.82) is 0 Å². The maximum atomic E-state index is 13.4. The molecule has 0 bridgehead atoms. The first-order chi connectivity index (χ1) is 8.29. The Bertz CT molecular complexity index is 346. The summed E-state index contributed by atoms with van der Waals surface area (Å²) in [5.41, 5.74) is 0.769. The molecule has 3 heteroatoms. The van der Waals surface area contributed by atoms with Crippen LogP contribution >= 0.6 is 0 Å². The molecule has 2 rings (SSSR count). The molecule has 1 aromatic rings. The molecule has 94 valence electrons. The Morgan fingerprint density at radius 3 is 2.65 bits per heavy atom. The summed E-state index contributed by atoms with van der Waals surface area (Å²) >= 11 is 0. The standard InChI is InChI=1S/C14H21FN2/c1-2-17-9-7-13(8-10-17)16-11-12-5-3-4-6-14(12)15/h3-6,13,16H,2,7-11H2,1H3. The predicted octanol–water partition coefficient (Wildman–Crippen LogP) is 2.40. The number of hydrogen-bond donors (Lipinski definition) is 1. The van der Waals surface area contributed by atoms with Crippen molar-refractivity contribution in [3.63, 3.8) is 0 Å². The van der Waals surface area contributed by atoms with Gasteiger partial charge < -0.3 is 10.2 Å². The molecule has 2 nitrogen and oxygen atoms in total. The molecule has 0 spiro atoms. The molecule has 0 unspecified atom stereocenters. The second-order valence-corrected chi connectivity index (χ2v) is 4.68. The zero-order chi connectivity index (χ0) is 12.1. The maximum absolute atomic E-state index is 13.4. The second-order valence-electron chi connectivity index (χ2n) is 4.68. The normalized spacial score (nSPS) is 18.5. The van der Waals surface area contributed by atoms with Gasteiger partial charge in [-0.15, -0.1) is 0 Å². The molecule has 1 N–H and O–H groups in total. The minimum atomic E-state index is -0.106. The van der Waals surface area contributed by atoms with Crippen LogP contribution in [0.3, 0.4) is 0 Å². The molecule has 1 saturated heterocycles. The van der Waals surface area contributed by atoms with Gasteiger partial charge in [0.25, 0.3) is 0 Å². The highest BCUT2D eigenvalue weighted by atomic mass is 19.1. The molecule has 1 aliphatic rings. The number of nitrogens with one attached hydrogen (secondary N) is 1. The quantitative estimate of drug-likeness (QED) is 0.863. The van der Waals surface area contributed by atoms with Crippen LogP contribution in [0.1, 0.15) is 25.3 Å². The summed E-state index contributed by atoms with van der Waals surface area (Å²) in [5.74, 6) is -0.106. The Balaban J connectivity index is 1.78. The molecular weight excluding hydrogens is 215 g/mol. The van der Waals surface area contributed by atoms with E-state index in [4.69, 9.17) is 0 Å². The Labute approximate surface area is 103 Å². The van der Waals surface area contributed by atoms with Crippen molar-refractivity contribution < 1.29 is 4.39 Å². The number of hydrogen-bond acceptors (Lipinski definition) is 2. The van der Waals surface area contributed by atoms with E-state index in [9.17, 15) is 4.39 Å². The van der Waals surface area contributed by atoms with Gasteiger partial charge in [0.2, 0.25) is 0 Å². The van der Waals surface area contributed by atoms with Crippen molar-refractivity contribution in [1.82, 2.24) is 10.2 Å². The fourth-order valence-electron chi connectivity index (χ4n) is 2.35. The van der Waals surface area contributed by atoms with Crippen LogP contribution in [0.2, 0.25) is 0 Å². The zero-order valence-electron chi connectivity index (χ0n) is 10.5. The number of halogens is 1. The lowest BCUT2D eigenvalue weighted by atomic mass is 10.0. The first kappa shape index (κ1) is 12.5. The van der Waals surface area contributed by atoms with E-state index in [0.717, 1.165) is 25.2 Å². The largest absolute Gasteiger partial charge is 0.310 e. The van der Waals surface area contributed by atoms with Gasteiger partial charge in [-0.3, -0.25) is 0 Å². The van der Waals surface area contributed by atoms with E-state index in [1.165, 1.54) is 18.9 Å². The lowest BCUT2D eigenvalue weighted by Gasteiger charge is -2.31. The van der Waals surface area contributed by atoms with Gasteiger partial charge >= 0.3 is 0 Å². The van der Waals surface area contributed by atoms with Crippen molar-refractivity contribution in [3.8, 4) is 0 Å². The first-order valence-corrected chi connectivity index (χ1v) is 6.48. The molecule has 1 aromatic carbocycles. The third kappa shape index (κ3) is 3.51. The zero-order valence-corrected chi connectivity index (χ0v) is 10.5. The van der Waals surface area contributed by atoms with E-state index in [0.29, 0.717) is 12.6 Å². The van der Waals surface area contributed by atoms with Gasteiger partial charge in [-0.25, -0.2) is 4.39 Å². The highest BCUT2D eigenvalue weighted by Crippen LogP contribution is 2.12. The summed E-state index contributed by atoms with van der Waals surface area (Å²) in [6, 6.07) is 7.54. The number of nitrogens with zero attached hydrogens (tertiary/aromatic N) is 1. The fourth-order valence-corrected chi connectivity index (χ4v) is 2.35. The number of piperidine rings is 1. The van der Waals surface area contributed by atoms with Crippen LogP contribution in [-0.4, -0.2) is 30.6 Å². The van der Waals surface area contributed by atoms with Crippen LogP contribution in [0.4, 0.5) is 4.39 Å². The lowest BCUT2D eigenvalue weighted by molar-refractivity contribution is 0.205. The summed E-state index contributed by atoms with van der Waals surface area (Å²) in [6.07, 6.45) is 2.34. The Morgan fingerprint density at radius 1 is 1.29 bits per heavy atom. The van der Waals surface area contributed by atoms with Gasteiger partial charge in [-0.1, -0.05) is 25.1 Å². The first-order valence-electron chi connectivity index (χ1n) is 6.48. The Hall–Kier alpha value is -0.930. The third-order valence-electron chi connectivity index (χ3n) is 3.57. The van der Waals surface area contributed by atoms with Crippen LogP contribution in [0.25, 0.3) is 0 Å². The van der Waals surface area contributed by atoms with E-state index < -0.39 is 0 Å². The highest BCUT2D eigenvalue weighted by Gasteiger charge is 2.17. The topological polar surface area (TPSA) is 15.3 Å². The van der Waals surface area contributed by atoms with Gasteiger partial charge in [0.1, 0.15) is 5.82 Å². The Morgan fingerprint density at radius 2 is 2.00 bits per heavy atom. The van der Waals surface area contributed by atoms with Gasteiger partial charge in [0.15, 0.2) is 0 Å². The van der Waals surface area contributed by atoms with Crippen LogP contribution < -0.4 is 5.32 Å². The van der Waals surface area contributed by atoms with Crippen molar-refractivity contribution in [2.24, 2.45) is 0 Å². The third-order valence-corrected chi connectivity index (χ3v) is 3.57. The van der Waals surface area contributed by atoms with Crippen molar-refractivity contribution >= 4 is 0 Å². The molecule has 0 amide bonds. The average molecular weight is 236 g/mol. The number of rotatable bonds is 4. The van der Waals surface area contributed by atoms with E-state index in [1.54, 1.807) is 6.07 Å². The molecule has 1 heterocycles. The molecule has 0 aromatic heterocycles. The molecule has 0 aliphatic carbocycles. The van der Waals surface area contributed by atoms with Crippen LogP contribution in [0, 0.1) is 5.82 Å². The van der Waals surface area contributed by atoms with Crippen molar-refractivity contribution in [2.45, 2.75) is 32.4 Å². The van der Waals surface area contributed by atoms with Crippen LogP contribution in [0.15, 0.2) is 24.3 Å². The number of likely N-dealkylation sites (tertiary alicyclic amines) is 1. The molecule has 1 fully saturated rings. The summed E-state index contributed by atoms with van der Waals surface area (Å²) in [5, 5.41) is 3.46. The van der Waals surface area contributed by atoms with Gasteiger partial charge in [-0.2, -0.15) is 0 Å². The molecular formula is C14H21FN2. The minimum Gasteiger partial charge on any atom is -0.310 e. The van der Waals surface area contributed by atoms with Gasteiger partial charge in [-0.05, 0) is 38.5 Å². The fraction of sp³-hybridized carbons (Fsp3) is 0.571. The SMILES string of the molecule is CCN1CCC(NCc2ccccc2F)CC1. The maximum Gasteiger partial charge on any atom is 0.127 e. The Kier molecular flexibility index (Phi) is 4.51. The average Bonchev–Trinajstić information content (AvgIpc) is 2.38. The summed E-state index contributed by atoms with van der Waals surface area (Å²) in [4.78, 5) is 2.46. The highest BCUT2D eigenvalue weighted by molar-refractivity contribution is 5.17. The summed E-state index contributed by atoms with van der Waals surface area (Å²) in [7, 11) is 0. The van der Waals surface area contributed by atoms with Crippen LogP contribution in [-0.2, 0) is 6.54 Å². The van der Waals surface area contributed by atoms with E-state index >= 15 is 0 Å². The minimum absolute atomic E-state index is 0.106. The van der Waals surface area contributed by atoms with E-state index in [1.807, 2.05) is 12.1 Å². The summed E-state index contributed by atoms with van der Waals surface area (Å²) in [6.45, 7) is 6.30. The molecule has 0 atom stereocenters. The monoisotopic (exact) mass is 236 g/mol. The lowest BCUT2D eigenvalue weighted by Crippen LogP contribution is -2.42. The molecule has 17 heavy (non-hydrogen) atoms. The molecule has 1 aliphatic heterocycles. The van der Waals surface area contributed by atoms with Crippen molar-refractivity contribution in [3.05, 3.63) is 35.6 Å². The number of benzene rings is 1. The van der Waals surface area contributed by atoms with E-state index in [-0.39, 0.29) is 5.82 Å². The molecule has 0 saturated carbocycles. The van der Waals surface area contributed by atoms with Gasteiger partial charge in [0, 0.05) is 18.2 Å².